The van der Waals surface area contributed by atoms with Crippen molar-refractivity contribution in [1.82, 2.24) is 0 Å². The van der Waals surface area contributed by atoms with Crippen molar-refractivity contribution in [3.63, 3.8) is 0 Å². The number of benzene rings is 1. The third kappa shape index (κ3) is 1.77. The molecule has 4 heteroatoms. The molecule has 2 aliphatic rings. The minimum absolute atomic E-state index is 0.104. The van der Waals surface area contributed by atoms with Crippen molar-refractivity contribution in [2.24, 2.45) is 11.3 Å². The topological polar surface area (TPSA) is 21.3 Å². The number of anilines is 1. The highest BCUT2D eigenvalue weighted by Gasteiger charge is 2.59. The lowest BCUT2D eigenvalue weighted by molar-refractivity contribution is -0.0923. The summed E-state index contributed by atoms with van der Waals surface area (Å²) in [4.78, 5) is 0. The maximum absolute atomic E-state index is 13.3. The Morgan fingerprint density at radius 3 is 3.00 bits per heavy atom. The molecule has 0 bridgehead atoms. The summed E-state index contributed by atoms with van der Waals surface area (Å²) in [6.07, 6.45) is 1.45. The third-order valence-electron chi connectivity index (χ3n) is 4.34. The van der Waals surface area contributed by atoms with Gasteiger partial charge < -0.3 is 10.1 Å². The second kappa shape index (κ2) is 4.20. The van der Waals surface area contributed by atoms with Gasteiger partial charge in [0.1, 0.15) is 5.82 Å². The monoisotopic (exact) mass is 313 g/mol. The zero-order chi connectivity index (χ0) is 12.9. The maximum Gasteiger partial charge on any atom is 0.125 e. The van der Waals surface area contributed by atoms with Gasteiger partial charge in [0.15, 0.2) is 0 Å². The number of rotatable bonds is 2. The van der Waals surface area contributed by atoms with Crippen LogP contribution < -0.4 is 5.32 Å². The number of fused-ring (bicyclic) bond motifs is 1. The predicted molar refractivity (Wildman–Crippen MR) is 73.1 cm³/mol. The van der Waals surface area contributed by atoms with Crippen LogP contribution in [0.4, 0.5) is 10.1 Å². The lowest BCUT2D eigenvalue weighted by atomic mass is 9.57. The smallest absolute Gasteiger partial charge is 0.125 e. The summed E-state index contributed by atoms with van der Waals surface area (Å²) in [5.41, 5.74) is 0.936. The van der Waals surface area contributed by atoms with E-state index in [1.165, 1.54) is 6.07 Å². The zero-order valence-corrected chi connectivity index (χ0v) is 12.1. The summed E-state index contributed by atoms with van der Waals surface area (Å²) in [7, 11) is 0. The molecule has 1 N–H and O–H groups in total. The van der Waals surface area contributed by atoms with E-state index in [1.807, 2.05) is 0 Å². The number of halogens is 2. The van der Waals surface area contributed by atoms with Crippen molar-refractivity contribution in [3.8, 4) is 0 Å². The van der Waals surface area contributed by atoms with Crippen molar-refractivity contribution >= 4 is 21.6 Å². The Balaban J connectivity index is 1.82. The van der Waals surface area contributed by atoms with Gasteiger partial charge in [-0.05, 0) is 40.5 Å². The zero-order valence-electron chi connectivity index (χ0n) is 10.5. The molecule has 1 heterocycles. The molecule has 3 atom stereocenters. The first-order chi connectivity index (χ1) is 8.50. The molecule has 0 spiro atoms. The van der Waals surface area contributed by atoms with Gasteiger partial charge in [-0.3, -0.25) is 0 Å². The number of hydrogen-bond donors (Lipinski definition) is 1. The molecule has 18 heavy (non-hydrogen) atoms. The second-order valence-electron chi connectivity index (χ2n) is 5.81. The van der Waals surface area contributed by atoms with Crippen molar-refractivity contribution in [2.75, 3.05) is 11.9 Å². The molecule has 2 nitrogen and oxygen atoms in total. The molecular weight excluding hydrogens is 297 g/mol. The molecular formula is C14H17BrFNO. The summed E-state index contributed by atoms with van der Waals surface area (Å²) in [6, 6.07) is 5.10. The highest BCUT2D eigenvalue weighted by Crippen LogP contribution is 2.53. The molecule has 1 aromatic rings. The number of hydrogen-bond acceptors (Lipinski definition) is 2. The molecule has 1 aliphatic carbocycles. The molecule has 1 saturated carbocycles. The molecule has 98 valence electrons. The van der Waals surface area contributed by atoms with Crippen LogP contribution in [0.15, 0.2) is 22.7 Å². The largest absolute Gasteiger partial charge is 0.380 e. The molecule has 2 fully saturated rings. The van der Waals surface area contributed by atoms with Crippen molar-refractivity contribution in [1.29, 1.82) is 0 Å². The predicted octanol–water partition coefficient (Wildman–Crippen LogP) is 3.81. The van der Waals surface area contributed by atoms with Crippen LogP contribution in [0.1, 0.15) is 20.3 Å². The fourth-order valence-electron chi connectivity index (χ4n) is 3.39. The molecule has 1 aromatic carbocycles. The fourth-order valence-corrected chi connectivity index (χ4v) is 3.75. The van der Waals surface area contributed by atoms with E-state index in [0.29, 0.717) is 18.1 Å². The van der Waals surface area contributed by atoms with E-state index in [9.17, 15) is 4.39 Å². The summed E-state index contributed by atoms with van der Waals surface area (Å²) < 4.78 is 20.0. The molecule has 3 unspecified atom stereocenters. The first-order valence-electron chi connectivity index (χ1n) is 6.33. The van der Waals surface area contributed by atoms with Crippen LogP contribution in [0.3, 0.4) is 0 Å². The van der Waals surface area contributed by atoms with Crippen LogP contribution in [-0.2, 0) is 4.74 Å². The van der Waals surface area contributed by atoms with Gasteiger partial charge >= 0.3 is 0 Å². The molecule has 1 saturated heterocycles. The van der Waals surface area contributed by atoms with E-state index in [1.54, 1.807) is 12.1 Å². The van der Waals surface area contributed by atoms with Crippen LogP contribution in [0.2, 0.25) is 0 Å². The highest BCUT2D eigenvalue weighted by molar-refractivity contribution is 9.10. The van der Waals surface area contributed by atoms with Crippen LogP contribution in [0, 0.1) is 17.2 Å². The molecule has 0 aromatic heterocycles. The average Bonchev–Trinajstić information content (AvgIpc) is 2.77. The van der Waals surface area contributed by atoms with E-state index in [0.717, 1.165) is 23.2 Å². The van der Waals surface area contributed by atoms with Gasteiger partial charge in [0, 0.05) is 28.5 Å². The van der Waals surface area contributed by atoms with E-state index >= 15 is 0 Å². The Labute approximate surface area is 115 Å². The standard InChI is InChI=1S/C14H17BrFNO/c1-14(2)12(9-5-6-18-13(9)14)17-11-7-8(16)3-4-10(11)15/h3-4,7,9,12-13,17H,5-6H2,1-2H3. The van der Waals surface area contributed by atoms with Crippen LogP contribution in [0.25, 0.3) is 0 Å². The molecule has 3 rings (SSSR count). The molecule has 0 amide bonds. The van der Waals surface area contributed by atoms with Crippen molar-refractivity contribution < 1.29 is 9.13 Å². The third-order valence-corrected chi connectivity index (χ3v) is 5.03. The van der Waals surface area contributed by atoms with E-state index in [-0.39, 0.29) is 11.2 Å². The lowest BCUT2D eigenvalue weighted by Gasteiger charge is -2.55. The van der Waals surface area contributed by atoms with Crippen molar-refractivity contribution in [3.05, 3.63) is 28.5 Å². The van der Waals surface area contributed by atoms with Gasteiger partial charge in [-0.1, -0.05) is 13.8 Å². The lowest BCUT2D eigenvalue weighted by Crippen LogP contribution is -2.63. The molecule has 1 aliphatic heterocycles. The summed E-state index contributed by atoms with van der Waals surface area (Å²) in [5.74, 6) is 0.340. The number of nitrogens with one attached hydrogen (secondary N) is 1. The summed E-state index contributed by atoms with van der Waals surface area (Å²) in [6.45, 7) is 5.27. The van der Waals surface area contributed by atoms with Gasteiger partial charge in [0.05, 0.1) is 11.8 Å². The quantitative estimate of drug-likeness (QED) is 0.896. The minimum atomic E-state index is -0.211. The van der Waals surface area contributed by atoms with Gasteiger partial charge in [0.2, 0.25) is 0 Å². The van der Waals surface area contributed by atoms with Gasteiger partial charge in [-0.15, -0.1) is 0 Å². The Hall–Kier alpha value is -0.610. The maximum atomic E-state index is 13.3. The Morgan fingerprint density at radius 2 is 2.22 bits per heavy atom. The van der Waals surface area contributed by atoms with Gasteiger partial charge in [-0.2, -0.15) is 0 Å². The van der Waals surface area contributed by atoms with Gasteiger partial charge in [0.25, 0.3) is 0 Å². The minimum Gasteiger partial charge on any atom is -0.380 e. The van der Waals surface area contributed by atoms with Crippen molar-refractivity contribution in [2.45, 2.75) is 32.4 Å². The van der Waals surface area contributed by atoms with E-state index in [4.69, 9.17) is 4.74 Å². The fraction of sp³-hybridized carbons (Fsp3) is 0.571. The summed E-state index contributed by atoms with van der Waals surface area (Å²) >= 11 is 3.46. The van der Waals surface area contributed by atoms with E-state index in [2.05, 4.69) is 35.1 Å². The first kappa shape index (κ1) is 12.4. The van der Waals surface area contributed by atoms with Gasteiger partial charge in [-0.25, -0.2) is 4.39 Å². The second-order valence-corrected chi connectivity index (χ2v) is 6.67. The Morgan fingerprint density at radius 1 is 1.44 bits per heavy atom. The normalized spacial score (nSPS) is 32.8. The SMILES string of the molecule is CC1(C)C(Nc2cc(F)ccc2Br)C2CCOC21. The van der Waals surface area contributed by atoms with Crippen LogP contribution in [0.5, 0.6) is 0 Å². The average molecular weight is 314 g/mol. The Bertz CT molecular complexity index is 477. The van der Waals surface area contributed by atoms with Crippen LogP contribution >= 0.6 is 15.9 Å². The highest BCUT2D eigenvalue weighted by atomic mass is 79.9. The van der Waals surface area contributed by atoms with Crippen LogP contribution in [-0.4, -0.2) is 18.8 Å². The number of ether oxygens (including phenoxy) is 1. The molecule has 0 radical (unpaired) electrons. The Kier molecular flexibility index (Phi) is 2.90. The first-order valence-corrected chi connectivity index (χ1v) is 7.12. The van der Waals surface area contributed by atoms with E-state index < -0.39 is 0 Å². The summed E-state index contributed by atoms with van der Waals surface area (Å²) in [5, 5.41) is 3.48.